The van der Waals surface area contributed by atoms with E-state index in [-0.39, 0.29) is 5.56 Å². The van der Waals surface area contributed by atoms with Crippen LogP contribution < -0.4 is 10.7 Å². The highest BCUT2D eigenvalue weighted by molar-refractivity contribution is 5.92. The van der Waals surface area contributed by atoms with Gasteiger partial charge in [-0.3, -0.25) is 4.79 Å². The van der Waals surface area contributed by atoms with Crippen LogP contribution in [0.3, 0.4) is 0 Å². The normalized spacial score (nSPS) is 11.1. The number of ether oxygens (including phenoxy) is 1. The standard InChI is InChI=1S/C18H24N2O4/c1-3-20-12-15(18(22)23)17(21)14-11-13(6-7-16(14)20)5-4-9-24-10-8-19-2/h6-7,11-12,19H,3-5,8-10H2,1-2H3,(H,22,23). The van der Waals surface area contributed by atoms with Gasteiger partial charge in [0.15, 0.2) is 0 Å². The third-order valence-electron chi connectivity index (χ3n) is 3.97. The van der Waals surface area contributed by atoms with E-state index in [4.69, 9.17) is 4.74 Å². The number of pyridine rings is 1. The number of fused-ring (bicyclic) bond motifs is 1. The molecule has 1 aromatic carbocycles. The molecule has 0 saturated carbocycles. The van der Waals surface area contributed by atoms with E-state index in [1.807, 2.05) is 32.2 Å². The number of aromatic nitrogens is 1. The lowest BCUT2D eigenvalue weighted by atomic mass is 10.0. The number of hydrogen-bond acceptors (Lipinski definition) is 4. The quantitative estimate of drug-likeness (QED) is 0.686. The van der Waals surface area contributed by atoms with Gasteiger partial charge in [0.1, 0.15) is 5.56 Å². The lowest BCUT2D eigenvalue weighted by Crippen LogP contribution is -2.18. The summed E-state index contributed by atoms with van der Waals surface area (Å²) < 4.78 is 7.28. The molecule has 6 nitrogen and oxygen atoms in total. The Morgan fingerprint density at radius 2 is 2.12 bits per heavy atom. The Morgan fingerprint density at radius 1 is 1.33 bits per heavy atom. The Kier molecular flexibility index (Phi) is 6.52. The number of aromatic carboxylic acids is 1. The average molecular weight is 332 g/mol. The average Bonchev–Trinajstić information content (AvgIpc) is 2.58. The van der Waals surface area contributed by atoms with Crippen molar-refractivity contribution in [3.05, 3.63) is 45.7 Å². The maximum absolute atomic E-state index is 12.4. The number of carboxylic acids is 1. The molecule has 0 saturated heterocycles. The fourth-order valence-electron chi connectivity index (χ4n) is 2.67. The predicted octanol–water partition coefficient (Wildman–Crippen LogP) is 1.89. The lowest BCUT2D eigenvalue weighted by Gasteiger charge is -2.11. The second-order valence-electron chi connectivity index (χ2n) is 5.63. The molecule has 0 aliphatic carbocycles. The highest BCUT2D eigenvalue weighted by Crippen LogP contribution is 2.16. The summed E-state index contributed by atoms with van der Waals surface area (Å²) in [5, 5.41) is 12.7. The van der Waals surface area contributed by atoms with Crippen LogP contribution in [0, 0.1) is 0 Å². The molecule has 130 valence electrons. The summed E-state index contributed by atoms with van der Waals surface area (Å²) in [6, 6.07) is 5.69. The summed E-state index contributed by atoms with van der Waals surface area (Å²) in [6.45, 7) is 4.69. The smallest absolute Gasteiger partial charge is 0.341 e. The van der Waals surface area contributed by atoms with Gasteiger partial charge in [-0.25, -0.2) is 4.79 Å². The summed E-state index contributed by atoms with van der Waals surface area (Å²) >= 11 is 0. The summed E-state index contributed by atoms with van der Waals surface area (Å²) in [7, 11) is 1.88. The number of carboxylic acid groups (broad SMARTS) is 1. The van der Waals surface area contributed by atoms with Crippen LogP contribution >= 0.6 is 0 Å². The van der Waals surface area contributed by atoms with Gasteiger partial charge in [-0.1, -0.05) is 6.07 Å². The molecule has 0 fully saturated rings. The molecule has 2 N–H and O–H groups in total. The first-order chi connectivity index (χ1) is 11.6. The first-order valence-corrected chi connectivity index (χ1v) is 8.20. The highest BCUT2D eigenvalue weighted by atomic mass is 16.5. The van der Waals surface area contributed by atoms with Gasteiger partial charge >= 0.3 is 5.97 Å². The topological polar surface area (TPSA) is 80.6 Å². The molecule has 0 atom stereocenters. The van der Waals surface area contributed by atoms with Crippen molar-refractivity contribution >= 4 is 16.9 Å². The molecular formula is C18H24N2O4. The van der Waals surface area contributed by atoms with Crippen LogP contribution in [0.1, 0.15) is 29.3 Å². The molecule has 0 bridgehead atoms. The van der Waals surface area contributed by atoms with Crippen molar-refractivity contribution < 1.29 is 14.6 Å². The third-order valence-corrected chi connectivity index (χ3v) is 3.97. The van der Waals surface area contributed by atoms with Crippen LogP contribution in [0.4, 0.5) is 0 Å². The number of rotatable bonds is 9. The Morgan fingerprint density at radius 3 is 2.79 bits per heavy atom. The Bertz CT molecular complexity index is 767. The van der Waals surface area contributed by atoms with E-state index in [9.17, 15) is 14.7 Å². The molecule has 2 aromatic rings. The molecule has 1 aromatic heterocycles. The van der Waals surface area contributed by atoms with Gasteiger partial charge in [-0.05, 0) is 44.5 Å². The van der Waals surface area contributed by atoms with Crippen molar-refractivity contribution in [3.8, 4) is 0 Å². The number of likely N-dealkylation sites (N-methyl/N-ethyl adjacent to an activating group) is 1. The zero-order valence-corrected chi connectivity index (χ0v) is 14.2. The number of nitrogens with one attached hydrogen (secondary N) is 1. The lowest BCUT2D eigenvalue weighted by molar-refractivity contribution is 0.0695. The minimum absolute atomic E-state index is 0.183. The summed E-state index contributed by atoms with van der Waals surface area (Å²) in [5.74, 6) is -1.19. The van der Waals surface area contributed by atoms with E-state index in [2.05, 4.69) is 5.32 Å². The van der Waals surface area contributed by atoms with E-state index in [0.717, 1.165) is 30.5 Å². The van der Waals surface area contributed by atoms with E-state index in [1.165, 1.54) is 6.20 Å². The molecule has 2 rings (SSSR count). The molecule has 6 heteroatoms. The maximum Gasteiger partial charge on any atom is 0.341 e. The van der Waals surface area contributed by atoms with Crippen molar-refractivity contribution in [2.45, 2.75) is 26.3 Å². The van der Waals surface area contributed by atoms with Gasteiger partial charge in [-0.15, -0.1) is 0 Å². The molecule has 0 amide bonds. The van der Waals surface area contributed by atoms with Gasteiger partial charge in [0.25, 0.3) is 0 Å². The summed E-state index contributed by atoms with van der Waals surface area (Å²) in [5.41, 5.74) is 1.18. The van der Waals surface area contributed by atoms with Crippen LogP contribution in [0.5, 0.6) is 0 Å². The largest absolute Gasteiger partial charge is 0.477 e. The van der Waals surface area contributed by atoms with Crippen molar-refractivity contribution in [2.75, 3.05) is 26.8 Å². The molecule has 0 unspecified atom stereocenters. The van der Waals surface area contributed by atoms with Crippen molar-refractivity contribution in [2.24, 2.45) is 0 Å². The zero-order chi connectivity index (χ0) is 17.5. The van der Waals surface area contributed by atoms with Gasteiger partial charge in [-0.2, -0.15) is 0 Å². The molecule has 1 heterocycles. The number of nitrogens with zero attached hydrogens (tertiary/aromatic N) is 1. The number of benzene rings is 1. The van der Waals surface area contributed by atoms with Crippen LogP contribution in [0.2, 0.25) is 0 Å². The molecular weight excluding hydrogens is 308 g/mol. The molecule has 0 spiro atoms. The Hall–Kier alpha value is -2.18. The van der Waals surface area contributed by atoms with E-state index in [0.29, 0.717) is 25.1 Å². The molecule has 0 aliphatic heterocycles. The minimum atomic E-state index is -1.19. The van der Waals surface area contributed by atoms with Crippen molar-refractivity contribution in [1.29, 1.82) is 0 Å². The Balaban J connectivity index is 2.21. The fourth-order valence-corrected chi connectivity index (χ4v) is 2.67. The SMILES string of the molecule is CCn1cc(C(=O)O)c(=O)c2cc(CCCOCCNC)ccc21. The van der Waals surface area contributed by atoms with Gasteiger partial charge in [0.05, 0.1) is 12.1 Å². The second kappa shape index (κ2) is 8.61. The minimum Gasteiger partial charge on any atom is -0.477 e. The van der Waals surface area contributed by atoms with Gasteiger partial charge in [0.2, 0.25) is 5.43 Å². The van der Waals surface area contributed by atoms with Crippen LogP contribution in [-0.4, -0.2) is 42.4 Å². The first kappa shape index (κ1) is 18.2. The number of carbonyl (C=O) groups is 1. The monoisotopic (exact) mass is 332 g/mol. The number of aryl methyl sites for hydroxylation is 2. The maximum atomic E-state index is 12.4. The number of hydrogen-bond donors (Lipinski definition) is 2. The fraction of sp³-hybridized carbons (Fsp3) is 0.444. The zero-order valence-electron chi connectivity index (χ0n) is 14.2. The van der Waals surface area contributed by atoms with Crippen LogP contribution in [0.15, 0.2) is 29.2 Å². The first-order valence-electron chi connectivity index (χ1n) is 8.20. The van der Waals surface area contributed by atoms with Crippen molar-refractivity contribution in [3.63, 3.8) is 0 Å². The van der Waals surface area contributed by atoms with Crippen LogP contribution in [-0.2, 0) is 17.7 Å². The third kappa shape index (κ3) is 4.21. The van der Waals surface area contributed by atoms with Crippen LogP contribution in [0.25, 0.3) is 10.9 Å². The highest BCUT2D eigenvalue weighted by Gasteiger charge is 2.14. The van der Waals surface area contributed by atoms with Gasteiger partial charge in [0, 0.05) is 31.3 Å². The Labute approximate surface area is 141 Å². The predicted molar refractivity (Wildman–Crippen MR) is 93.9 cm³/mol. The van der Waals surface area contributed by atoms with E-state index >= 15 is 0 Å². The van der Waals surface area contributed by atoms with E-state index < -0.39 is 11.4 Å². The summed E-state index contributed by atoms with van der Waals surface area (Å²) in [4.78, 5) is 23.7. The van der Waals surface area contributed by atoms with Crippen molar-refractivity contribution in [1.82, 2.24) is 9.88 Å². The van der Waals surface area contributed by atoms with E-state index in [1.54, 1.807) is 4.57 Å². The molecule has 0 radical (unpaired) electrons. The molecule has 24 heavy (non-hydrogen) atoms. The summed E-state index contributed by atoms with van der Waals surface area (Å²) in [6.07, 6.45) is 3.07. The molecule has 0 aliphatic rings. The van der Waals surface area contributed by atoms with Gasteiger partial charge < -0.3 is 19.7 Å². The second-order valence-corrected chi connectivity index (χ2v) is 5.63.